The van der Waals surface area contributed by atoms with Crippen LogP contribution in [0.25, 0.3) is 5.69 Å². The Bertz CT molecular complexity index is 999. The number of aromatic nitrogens is 2. The smallest absolute Gasteiger partial charge is 0.220 e. The monoisotopic (exact) mass is 407 g/mol. The second kappa shape index (κ2) is 10.2. The number of imidazole rings is 1. The summed E-state index contributed by atoms with van der Waals surface area (Å²) in [5.74, 6) is 0.976. The molecule has 0 bridgehead atoms. The maximum atomic E-state index is 12.2. The molecule has 0 spiro atoms. The van der Waals surface area contributed by atoms with Crippen LogP contribution < -0.4 is 14.8 Å². The topological polar surface area (TPSA) is 82.5 Å². The summed E-state index contributed by atoms with van der Waals surface area (Å²) in [6, 6.07) is 12.9. The highest BCUT2D eigenvalue weighted by Crippen LogP contribution is 2.28. The Morgan fingerprint density at radius 1 is 1.13 bits per heavy atom. The van der Waals surface area contributed by atoms with Crippen molar-refractivity contribution in [1.29, 1.82) is 0 Å². The SMILES string of the molecule is COc1cc(C(C)=O)ccc1OCCCC(=O)NCc1ccccc1-n1ccnc1. The number of nitrogens with zero attached hydrogens (tertiary/aromatic N) is 2. The summed E-state index contributed by atoms with van der Waals surface area (Å²) in [5, 5.41) is 2.95. The first-order valence-corrected chi connectivity index (χ1v) is 9.73. The van der Waals surface area contributed by atoms with Crippen molar-refractivity contribution in [1.82, 2.24) is 14.9 Å². The number of carbonyl (C=O) groups excluding carboxylic acids is 2. The summed E-state index contributed by atoms with van der Waals surface area (Å²) in [6.45, 7) is 2.31. The molecule has 7 heteroatoms. The number of methoxy groups -OCH3 is 1. The van der Waals surface area contributed by atoms with Gasteiger partial charge in [-0.1, -0.05) is 18.2 Å². The third-order valence-corrected chi connectivity index (χ3v) is 4.63. The van der Waals surface area contributed by atoms with Crippen LogP contribution in [0.5, 0.6) is 11.5 Å². The van der Waals surface area contributed by atoms with Gasteiger partial charge in [0, 0.05) is 30.9 Å². The van der Waals surface area contributed by atoms with Gasteiger partial charge in [-0.05, 0) is 43.2 Å². The van der Waals surface area contributed by atoms with Crippen molar-refractivity contribution < 1.29 is 19.1 Å². The molecule has 3 aromatic rings. The molecule has 7 nitrogen and oxygen atoms in total. The number of Topliss-reactive ketones (excluding diaryl/α,β-unsaturated/α-hetero) is 1. The average Bonchev–Trinajstić information content (AvgIpc) is 3.30. The zero-order valence-corrected chi connectivity index (χ0v) is 17.1. The number of carbonyl (C=O) groups is 2. The van der Waals surface area contributed by atoms with Gasteiger partial charge in [0.2, 0.25) is 5.91 Å². The van der Waals surface area contributed by atoms with Crippen molar-refractivity contribution in [3.63, 3.8) is 0 Å². The molecule has 156 valence electrons. The third-order valence-electron chi connectivity index (χ3n) is 4.63. The second-order valence-corrected chi connectivity index (χ2v) is 6.75. The van der Waals surface area contributed by atoms with Crippen molar-refractivity contribution in [3.05, 3.63) is 72.3 Å². The van der Waals surface area contributed by atoms with Crippen molar-refractivity contribution in [2.75, 3.05) is 13.7 Å². The molecular formula is C23H25N3O4. The minimum absolute atomic E-state index is 0.0360. The Hall–Kier alpha value is -3.61. The first kappa shape index (κ1) is 21.1. The zero-order chi connectivity index (χ0) is 21.3. The lowest BCUT2D eigenvalue weighted by molar-refractivity contribution is -0.121. The zero-order valence-electron chi connectivity index (χ0n) is 17.1. The summed E-state index contributed by atoms with van der Waals surface area (Å²) in [7, 11) is 1.53. The van der Waals surface area contributed by atoms with E-state index in [2.05, 4.69) is 10.3 Å². The molecule has 0 radical (unpaired) electrons. The van der Waals surface area contributed by atoms with Gasteiger partial charge in [-0.3, -0.25) is 9.59 Å². The number of nitrogens with one attached hydrogen (secondary N) is 1. The Labute approximate surface area is 175 Å². The number of ketones is 1. The largest absolute Gasteiger partial charge is 0.493 e. The van der Waals surface area contributed by atoms with Crippen LogP contribution in [0.2, 0.25) is 0 Å². The van der Waals surface area contributed by atoms with Crippen LogP contribution in [0.3, 0.4) is 0 Å². The van der Waals surface area contributed by atoms with Crippen LogP contribution in [0.4, 0.5) is 0 Å². The van der Waals surface area contributed by atoms with Crippen LogP contribution in [0, 0.1) is 0 Å². The number of benzene rings is 2. The highest BCUT2D eigenvalue weighted by Gasteiger charge is 2.10. The number of para-hydroxylation sites is 1. The van der Waals surface area contributed by atoms with Crippen molar-refractivity contribution in [2.45, 2.75) is 26.3 Å². The molecule has 0 unspecified atom stereocenters. The first-order valence-electron chi connectivity index (χ1n) is 9.73. The molecule has 0 saturated heterocycles. The minimum atomic E-state index is -0.0436. The fourth-order valence-electron chi connectivity index (χ4n) is 3.02. The predicted octanol–water partition coefficient (Wildman–Crippen LogP) is 3.56. The van der Waals surface area contributed by atoms with Gasteiger partial charge in [-0.15, -0.1) is 0 Å². The Morgan fingerprint density at radius 3 is 2.70 bits per heavy atom. The molecule has 0 aliphatic carbocycles. The summed E-state index contributed by atoms with van der Waals surface area (Å²) >= 11 is 0. The van der Waals surface area contributed by atoms with E-state index in [1.54, 1.807) is 30.7 Å². The molecule has 0 saturated carbocycles. The van der Waals surface area contributed by atoms with Gasteiger partial charge in [0.1, 0.15) is 0 Å². The van der Waals surface area contributed by atoms with E-state index in [1.807, 2.05) is 35.0 Å². The van der Waals surface area contributed by atoms with Crippen LogP contribution in [0.15, 0.2) is 61.2 Å². The van der Waals surface area contributed by atoms with Gasteiger partial charge < -0.3 is 19.4 Å². The highest BCUT2D eigenvalue weighted by molar-refractivity contribution is 5.94. The first-order chi connectivity index (χ1) is 14.6. The molecule has 0 aliphatic heterocycles. The lowest BCUT2D eigenvalue weighted by Crippen LogP contribution is -2.23. The number of amides is 1. The van der Waals surface area contributed by atoms with E-state index in [1.165, 1.54) is 14.0 Å². The van der Waals surface area contributed by atoms with Crippen LogP contribution in [-0.2, 0) is 11.3 Å². The fourth-order valence-corrected chi connectivity index (χ4v) is 3.02. The minimum Gasteiger partial charge on any atom is -0.493 e. The quantitative estimate of drug-likeness (QED) is 0.410. The molecule has 0 aliphatic rings. The molecule has 2 aromatic carbocycles. The fraction of sp³-hybridized carbons (Fsp3) is 0.261. The summed E-state index contributed by atoms with van der Waals surface area (Å²) in [4.78, 5) is 27.8. The van der Waals surface area contributed by atoms with Gasteiger partial charge in [0.05, 0.1) is 25.7 Å². The van der Waals surface area contributed by atoms with E-state index >= 15 is 0 Å². The molecule has 30 heavy (non-hydrogen) atoms. The van der Waals surface area contributed by atoms with Crippen LogP contribution in [-0.4, -0.2) is 35.0 Å². The molecule has 1 heterocycles. The predicted molar refractivity (Wildman–Crippen MR) is 113 cm³/mol. The number of hydrogen-bond donors (Lipinski definition) is 1. The van der Waals surface area contributed by atoms with Gasteiger partial charge in [-0.2, -0.15) is 0 Å². The van der Waals surface area contributed by atoms with Gasteiger partial charge >= 0.3 is 0 Å². The average molecular weight is 407 g/mol. The van der Waals surface area contributed by atoms with Gasteiger partial charge in [0.25, 0.3) is 0 Å². The number of ether oxygens (including phenoxy) is 2. The lowest BCUT2D eigenvalue weighted by Gasteiger charge is -2.12. The molecule has 0 atom stereocenters. The summed E-state index contributed by atoms with van der Waals surface area (Å²) in [5.41, 5.74) is 2.56. The van der Waals surface area contributed by atoms with E-state index in [9.17, 15) is 9.59 Å². The van der Waals surface area contributed by atoms with Crippen LogP contribution >= 0.6 is 0 Å². The van der Waals surface area contributed by atoms with E-state index in [4.69, 9.17) is 9.47 Å². The summed E-state index contributed by atoms with van der Waals surface area (Å²) < 4.78 is 12.9. The Morgan fingerprint density at radius 2 is 1.97 bits per heavy atom. The van der Waals surface area contributed by atoms with E-state index in [-0.39, 0.29) is 11.7 Å². The maximum Gasteiger partial charge on any atom is 0.220 e. The Balaban J connectivity index is 1.46. The molecule has 0 fully saturated rings. The summed E-state index contributed by atoms with van der Waals surface area (Å²) in [6.07, 6.45) is 6.23. The van der Waals surface area contributed by atoms with E-state index in [0.717, 1.165) is 11.3 Å². The molecule has 1 aromatic heterocycles. The molecule has 1 amide bonds. The van der Waals surface area contributed by atoms with E-state index < -0.39 is 0 Å². The maximum absolute atomic E-state index is 12.2. The van der Waals surface area contributed by atoms with Gasteiger partial charge in [0.15, 0.2) is 17.3 Å². The number of hydrogen-bond acceptors (Lipinski definition) is 5. The van der Waals surface area contributed by atoms with Crippen molar-refractivity contribution >= 4 is 11.7 Å². The van der Waals surface area contributed by atoms with Gasteiger partial charge in [-0.25, -0.2) is 4.98 Å². The third kappa shape index (κ3) is 5.47. The molecule has 1 N–H and O–H groups in total. The normalized spacial score (nSPS) is 10.5. The van der Waals surface area contributed by atoms with Crippen LogP contribution in [0.1, 0.15) is 35.7 Å². The highest BCUT2D eigenvalue weighted by atomic mass is 16.5. The second-order valence-electron chi connectivity index (χ2n) is 6.75. The van der Waals surface area contributed by atoms with Crippen molar-refractivity contribution in [2.24, 2.45) is 0 Å². The molecule has 3 rings (SSSR count). The standard InChI is InChI=1S/C23H25N3O4/c1-17(27)18-9-10-21(22(14-18)29-2)30-13-5-8-23(28)25-15-19-6-3-4-7-20(19)26-12-11-24-16-26/h3-4,6-7,9-12,14,16H,5,8,13,15H2,1-2H3,(H,25,28). The van der Waals surface area contributed by atoms with Crippen molar-refractivity contribution in [3.8, 4) is 17.2 Å². The number of rotatable bonds is 10. The van der Waals surface area contributed by atoms with E-state index in [0.29, 0.717) is 43.1 Å². The Kier molecular flexibility index (Phi) is 7.21. The molecular weight excluding hydrogens is 382 g/mol. The lowest BCUT2D eigenvalue weighted by atomic mass is 10.1.